The van der Waals surface area contributed by atoms with Crippen molar-refractivity contribution in [2.75, 3.05) is 18.6 Å². The maximum atomic E-state index is 11.3. The molecule has 94 valence electrons. The predicted octanol–water partition coefficient (Wildman–Crippen LogP) is 1.59. The molecule has 1 aromatic rings. The Labute approximate surface area is 105 Å². The van der Waals surface area contributed by atoms with Crippen molar-refractivity contribution in [3.05, 3.63) is 23.8 Å². The molecule has 0 spiro atoms. The Bertz CT molecular complexity index is 418. The highest BCUT2D eigenvalue weighted by molar-refractivity contribution is 7.99. The van der Waals surface area contributed by atoms with Crippen LogP contribution in [0.5, 0.6) is 0 Å². The lowest BCUT2D eigenvalue weighted by atomic mass is 10.1. The standard InChI is InChI=1S/C12H17NO3S/c1-8-6-9(4-5-10(8)13)17-7-12(2,15)11(14)16-3/h4-6,15H,7,13H2,1-3H3. The molecule has 0 amide bonds. The number of hydrogen-bond acceptors (Lipinski definition) is 5. The van der Waals surface area contributed by atoms with Crippen LogP contribution in [0, 0.1) is 6.92 Å². The average molecular weight is 255 g/mol. The molecule has 0 radical (unpaired) electrons. The van der Waals surface area contributed by atoms with Gasteiger partial charge in [0, 0.05) is 16.3 Å². The highest BCUT2D eigenvalue weighted by Crippen LogP contribution is 2.26. The van der Waals surface area contributed by atoms with Crippen molar-refractivity contribution < 1.29 is 14.6 Å². The number of hydrogen-bond donors (Lipinski definition) is 2. The van der Waals surface area contributed by atoms with E-state index >= 15 is 0 Å². The fourth-order valence-electron chi connectivity index (χ4n) is 1.24. The zero-order chi connectivity index (χ0) is 13.1. The van der Waals surface area contributed by atoms with Crippen molar-refractivity contribution in [3.8, 4) is 0 Å². The first-order valence-electron chi connectivity index (χ1n) is 5.16. The first-order valence-corrected chi connectivity index (χ1v) is 6.15. The molecular weight excluding hydrogens is 238 g/mol. The maximum Gasteiger partial charge on any atom is 0.338 e. The number of nitrogen functional groups attached to an aromatic ring is 1. The number of anilines is 1. The highest BCUT2D eigenvalue weighted by Gasteiger charge is 2.31. The number of methoxy groups -OCH3 is 1. The van der Waals surface area contributed by atoms with Crippen molar-refractivity contribution >= 4 is 23.4 Å². The number of aryl methyl sites for hydroxylation is 1. The number of carbonyl (C=O) groups is 1. The molecule has 0 aliphatic carbocycles. The first kappa shape index (κ1) is 13.9. The third kappa shape index (κ3) is 3.64. The molecule has 17 heavy (non-hydrogen) atoms. The van der Waals surface area contributed by atoms with Gasteiger partial charge in [-0.25, -0.2) is 4.79 Å². The molecule has 0 bridgehead atoms. The van der Waals surface area contributed by atoms with Crippen LogP contribution in [0.15, 0.2) is 23.1 Å². The molecule has 4 nitrogen and oxygen atoms in total. The molecular formula is C12H17NO3S. The number of thioether (sulfide) groups is 1. The molecule has 0 saturated carbocycles. The predicted molar refractivity (Wildman–Crippen MR) is 69.0 cm³/mol. The molecule has 0 aliphatic heterocycles. The molecule has 1 atom stereocenters. The van der Waals surface area contributed by atoms with Crippen LogP contribution in [-0.4, -0.2) is 29.5 Å². The van der Waals surface area contributed by atoms with Crippen molar-refractivity contribution in [3.63, 3.8) is 0 Å². The van der Waals surface area contributed by atoms with Crippen molar-refractivity contribution in [1.29, 1.82) is 0 Å². The van der Waals surface area contributed by atoms with Crippen LogP contribution in [0.1, 0.15) is 12.5 Å². The zero-order valence-electron chi connectivity index (χ0n) is 10.2. The fraction of sp³-hybridized carbons (Fsp3) is 0.417. The minimum atomic E-state index is -1.48. The van der Waals surface area contributed by atoms with Crippen LogP contribution in [-0.2, 0) is 9.53 Å². The van der Waals surface area contributed by atoms with E-state index in [4.69, 9.17) is 5.73 Å². The average Bonchev–Trinajstić information content (AvgIpc) is 2.29. The van der Waals surface area contributed by atoms with Gasteiger partial charge < -0.3 is 15.6 Å². The van der Waals surface area contributed by atoms with Gasteiger partial charge in [-0.1, -0.05) is 0 Å². The van der Waals surface area contributed by atoms with E-state index in [1.807, 2.05) is 25.1 Å². The Balaban J connectivity index is 2.67. The summed E-state index contributed by atoms with van der Waals surface area (Å²) in [5.74, 6) is -0.389. The molecule has 0 aromatic heterocycles. The first-order chi connectivity index (χ1) is 7.86. The Morgan fingerprint density at radius 3 is 2.76 bits per heavy atom. The van der Waals surface area contributed by atoms with Crippen molar-refractivity contribution in [1.82, 2.24) is 0 Å². The normalized spacial score (nSPS) is 14.1. The Hall–Kier alpha value is -1.20. The SMILES string of the molecule is COC(=O)C(C)(O)CSc1ccc(N)c(C)c1. The van der Waals surface area contributed by atoms with Gasteiger partial charge in [-0.05, 0) is 37.6 Å². The van der Waals surface area contributed by atoms with Gasteiger partial charge in [-0.3, -0.25) is 0 Å². The van der Waals surface area contributed by atoms with E-state index in [1.54, 1.807) is 0 Å². The van der Waals surface area contributed by atoms with Gasteiger partial charge in [0.1, 0.15) is 0 Å². The van der Waals surface area contributed by atoms with Gasteiger partial charge in [-0.15, -0.1) is 11.8 Å². The smallest absolute Gasteiger partial charge is 0.338 e. The van der Waals surface area contributed by atoms with Crippen molar-refractivity contribution in [2.24, 2.45) is 0 Å². The molecule has 0 saturated heterocycles. The number of aliphatic hydroxyl groups is 1. The molecule has 1 rings (SSSR count). The summed E-state index contributed by atoms with van der Waals surface area (Å²) >= 11 is 1.39. The lowest BCUT2D eigenvalue weighted by Crippen LogP contribution is -2.38. The van der Waals surface area contributed by atoms with E-state index in [0.29, 0.717) is 0 Å². The van der Waals surface area contributed by atoms with E-state index in [-0.39, 0.29) is 5.75 Å². The van der Waals surface area contributed by atoms with Gasteiger partial charge in [-0.2, -0.15) is 0 Å². The van der Waals surface area contributed by atoms with Gasteiger partial charge in [0.2, 0.25) is 0 Å². The molecule has 0 fully saturated rings. The largest absolute Gasteiger partial charge is 0.467 e. The number of esters is 1. The van der Waals surface area contributed by atoms with E-state index in [1.165, 1.54) is 25.8 Å². The summed E-state index contributed by atoms with van der Waals surface area (Å²) < 4.78 is 4.52. The summed E-state index contributed by atoms with van der Waals surface area (Å²) in [6, 6.07) is 5.60. The molecule has 0 aliphatic rings. The van der Waals surface area contributed by atoms with E-state index in [2.05, 4.69) is 4.74 Å². The summed E-state index contributed by atoms with van der Waals surface area (Å²) in [7, 11) is 1.26. The molecule has 1 aromatic carbocycles. The number of carbonyl (C=O) groups excluding carboxylic acids is 1. The Morgan fingerprint density at radius 2 is 2.24 bits per heavy atom. The number of nitrogens with two attached hydrogens (primary N) is 1. The molecule has 1 unspecified atom stereocenters. The van der Waals surface area contributed by atoms with Gasteiger partial charge in [0.05, 0.1) is 7.11 Å². The van der Waals surface area contributed by atoms with E-state index in [0.717, 1.165) is 16.1 Å². The summed E-state index contributed by atoms with van der Waals surface area (Å²) in [6.07, 6.45) is 0. The van der Waals surface area contributed by atoms with Crippen LogP contribution in [0.2, 0.25) is 0 Å². The van der Waals surface area contributed by atoms with Crippen LogP contribution in [0.25, 0.3) is 0 Å². The second kappa shape index (κ2) is 5.42. The third-order valence-corrected chi connectivity index (χ3v) is 3.68. The lowest BCUT2D eigenvalue weighted by molar-refractivity contribution is -0.158. The number of benzene rings is 1. The molecule has 5 heteroatoms. The van der Waals surface area contributed by atoms with Crippen LogP contribution in [0.3, 0.4) is 0 Å². The summed E-state index contributed by atoms with van der Waals surface area (Å²) in [4.78, 5) is 12.2. The highest BCUT2D eigenvalue weighted by atomic mass is 32.2. The quantitative estimate of drug-likeness (QED) is 0.485. The zero-order valence-corrected chi connectivity index (χ0v) is 11.0. The van der Waals surface area contributed by atoms with Crippen LogP contribution < -0.4 is 5.73 Å². The van der Waals surface area contributed by atoms with E-state index in [9.17, 15) is 9.90 Å². The van der Waals surface area contributed by atoms with E-state index < -0.39 is 11.6 Å². The summed E-state index contributed by atoms with van der Waals surface area (Å²) in [5, 5.41) is 9.85. The van der Waals surface area contributed by atoms with Gasteiger partial charge in [0.15, 0.2) is 5.60 Å². The van der Waals surface area contributed by atoms with Crippen molar-refractivity contribution in [2.45, 2.75) is 24.3 Å². The second-order valence-corrected chi connectivity index (χ2v) is 5.12. The number of rotatable bonds is 4. The number of ether oxygens (including phenoxy) is 1. The maximum absolute atomic E-state index is 11.3. The Morgan fingerprint density at radius 1 is 1.59 bits per heavy atom. The monoisotopic (exact) mass is 255 g/mol. The lowest BCUT2D eigenvalue weighted by Gasteiger charge is -2.19. The fourth-order valence-corrected chi connectivity index (χ4v) is 2.23. The van der Waals surface area contributed by atoms with Crippen LogP contribution >= 0.6 is 11.8 Å². The van der Waals surface area contributed by atoms with Crippen LogP contribution in [0.4, 0.5) is 5.69 Å². The topological polar surface area (TPSA) is 72.5 Å². The minimum Gasteiger partial charge on any atom is -0.467 e. The summed E-state index contributed by atoms with van der Waals surface area (Å²) in [5.41, 5.74) is 5.94. The second-order valence-electron chi connectivity index (χ2n) is 4.07. The molecule has 0 heterocycles. The molecule has 3 N–H and O–H groups in total. The Kier molecular flexibility index (Phi) is 4.42. The van der Waals surface area contributed by atoms with Gasteiger partial charge >= 0.3 is 5.97 Å². The third-order valence-electron chi connectivity index (χ3n) is 2.39. The minimum absolute atomic E-state index is 0.239. The van der Waals surface area contributed by atoms with Gasteiger partial charge in [0.25, 0.3) is 0 Å². The summed E-state index contributed by atoms with van der Waals surface area (Å²) in [6.45, 7) is 3.35.